The van der Waals surface area contributed by atoms with Crippen LogP contribution >= 0.6 is 11.6 Å². The zero-order chi connectivity index (χ0) is 26.6. The third-order valence-corrected chi connectivity index (χ3v) is 7.33. The summed E-state index contributed by atoms with van der Waals surface area (Å²) in [5, 5.41) is 5.69. The fourth-order valence-corrected chi connectivity index (χ4v) is 4.81. The van der Waals surface area contributed by atoms with Crippen LogP contribution in [0, 0.1) is 6.92 Å². The quantitative estimate of drug-likeness (QED) is 0.260. The summed E-state index contributed by atoms with van der Waals surface area (Å²) < 4.78 is 26.6. The molecular weight excluding hydrogens is 514 g/mol. The molecule has 192 valence electrons. The lowest BCUT2D eigenvalue weighted by atomic mass is 10.1. The standard InChI is InChI=1S/C26H26ClN5O4S/c1-3-24-30-22-14-20(21(27)15-23(22)31-24)25(33)29-18-8-6-17(7-9-18)12-13-28-26(34)32-37(35,36)19-10-4-16(2)5-11-19/h4-11,14-15H,3,12-13H2,1-2H3,(H,29,33)(H,30,31)(H2,28,32,34). The number of nitrogens with one attached hydrogen (secondary N) is 4. The third kappa shape index (κ3) is 6.46. The summed E-state index contributed by atoms with van der Waals surface area (Å²) in [4.78, 5) is 32.5. The highest BCUT2D eigenvalue weighted by atomic mass is 35.5. The molecule has 1 heterocycles. The topological polar surface area (TPSA) is 133 Å². The Balaban J connectivity index is 1.29. The molecule has 0 radical (unpaired) electrons. The lowest BCUT2D eigenvalue weighted by Crippen LogP contribution is -2.40. The number of carbonyl (C=O) groups excluding carboxylic acids is 2. The maximum atomic E-state index is 12.8. The Labute approximate surface area is 219 Å². The normalized spacial score (nSPS) is 11.3. The summed E-state index contributed by atoms with van der Waals surface area (Å²) in [6, 6.07) is 15.9. The molecule has 1 aromatic heterocycles. The molecule has 0 saturated carbocycles. The third-order valence-electron chi connectivity index (χ3n) is 5.67. The number of aromatic amines is 1. The molecule has 4 N–H and O–H groups in total. The van der Waals surface area contributed by atoms with Gasteiger partial charge >= 0.3 is 6.03 Å². The molecule has 0 spiro atoms. The van der Waals surface area contributed by atoms with Crippen LogP contribution in [0.3, 0.4) is 0 Å². The summed E-state index contributed by atoms with van der Waals surface area (Å²) in [6.45, 7) is 4.05. The van der Waals surface area contributed by atoms with E-state index in [1.165, 1.54) is 12.1 Å². The molecule has 4 rings (SSSR count). The monoisotopic (exact) mass is 539 g/mol. The van der Waals surface area contributed by atoms with Gasteiger partial charge in [-0.25, -0.2) is 22.9 Å². The predicted molar refractivity (Wildman–Crippen MR) is 143 cm³/mol. The van der Waals surface area contributed by atoms with Gasteiger partial charge in [0.15, 0.2) is 0 Å². The van der Waals surface area contributed by atoms with Gasteiger partial charge < -0.3 is 15.6 Å². The molecule has 3 aromatic carbocycles. The van der Waals surface area contributed by atoms with E-state index < -0.39 is 16.1 Å². The Kier molecular flexibility index (Phi) is 7.80. The fraction of sp³-hybridized carbons (Fsp3) is 0.192. The van der Waals surface area contributed by atoms with Gasteiger partial charge in [0, 0.05) is 18.7 Å². The van der Waals surface area contributed by atoms with Crippen molar-refractivity contribution < 1.29 is 18.0 Å². The molecule has 9 nitrogen and oxygen atoms in total. The molecule has 11 heteroatoms. The summed E-state index contributed by atoms with van der Waals surface area (Å²) >= 11 is 6.32. The average Bonchev–Trinajstić information content (AvgIpc) is 3.26. The first-order valence-corrected chi connectivity index (χ1v) is 13.5. The molecule has 0 unspecified atom stereocenters. The number of halogens is 1. The number of imidazole rings is 1. The van der Waals surface area contributed by atoms with Gasteiger partial charge in [0.05, 0.1) is 26.5 Å². The second-order valence-corrected chi connectivity index (χ2v) is 10.6. The number of aryl methyl sites for hydroxylation is 2. The van der Waals surface area contributed by atoms with E-state index in [4.69, 9.17) is 11.6 Å². The number of sulfonamides is 1. The van der Waals surface area contributed by atoms with Crippen molar-refractivity contribution in [1.29, 1.82) is 0 Å². The summed E-state index contributed by atoms with van der Waals surface area (Å²) in [7, 11) is -3.94. The van der Waals surface area contributed by atoms with Gasteiger partial charge in [-0.2, -0.15) is 0 Å². The second-order valence-electron chi connectivity index (χ2n) is 8.46. The van der Waals surface area contributed by atoms with Crippen molar-refractivity contribution in [2.24, 2.45) is 0 Å². The molecule has 37 heavy (non-hydrogen) atoms. The van der Waals surface area contributed by atoms with Crippen LogP contribution in [0.1, 0.15) is 34.2 Å². The number of benzene rings is 3. The van der Waals surface area contributed by atoms with Crippen molar-refractivity contribution in [3.05, 3.63) is 88.2 Å². The van der Waals surface area contributed by atoms with Crippen LogP contribution in [0.15, 0.2) is 65.6 Å². The zero-order valence-corrected chi connectivity index (χ0v) is 21.8. The zero-order valence-electron chi connectivity index (χ0n) is 20.3. The van der Waals surface area contributed by atoms with Crippen LogP contribution in [-0.2, 0) is 22.9 Å². The number of H-pyrrole nitrogens is 1. The second kappa shape index (κ2) is 11.0. The number of fused-ring (bicyclic) bond motifs is 1. The van der Waals surface area contributed by atoms with E-state index in [1.54, 1.807) is 36.4 Å². The Morgan fingerprint density at radius 1 is 1.03 bits per heavy atom. The van der Waals surface area contributed by atoms with Crippen molar-refractivity contribution in [3.8, 4) is 0 Å². The molecule has 4 aromatic rings. The highest BCUT2D eigenvalue weighted by Crippen LogP contribution is 2.24. The van der Waals surface area contributed by atoms with Gasteiger partial charge in [-0.05, 0) is 55.3 Å². The van der Waals surface area contributed by atoms with Gasteiger partial charge in [0.2, 0.25) is 0 Å². The number of anilines is 1. The lowest BCUT2D eigenvalue weighted by molar-refractivity contribution is 0.102. The van der Waals surface area contributed by atoms with Gasteiger partial charge in [-0.15, -0.1) is 0 Å². The van der Waals surface area contributed by atoms with Crippen LogP contribution in [0.25, 0.3) is 11.0 Å². The minimum absolute atomic E-state index is 0.0159. The van der Waals surface area contributed by atoms with Crippen molar-refractivity contribution in [2.75, 3.05) is 11.9 Å². The van der Waals surface area contributed by atoms with E-state index in [0.717, 1.165) is 28.9 Å². The average molecular weight is 540 g/mol. The molecule has 0 saturated heterocycles. The minimum Gasteiger partial charge on any atom is -0.342 e. The highest BCUT2D eigenvalue weighted by molar-refractivity contribution is 7.90. The number of amides is 3. The van der Waals surface area contributed by atoms with Crippen LogP contribution in [0.2, 0.25) is 5.02 Å². The van der Waals surface area contributed by atoms with Crippen LogP contribution < -0.4 is 15.4 Å². The Hall–Kier alpha value is -3.89. The van der Waals surface area contributed by atoms with E-state index in [9.17, 15) is 18.0 Å². The first-order chi connectivity index (χ1) is 17.6. The molecule has 0 aliphatic rings. The largest absolute Gasteiger partial charge is 0.342 e. The molecule has 0 atom stereocenters. The van der Waals surface area contributed by atoms with Gasteiger partial charge in [0.25, 0.3) is 15.9 Å². The SMILES string of the molecule is CCc1nc2cc(C(=O)Nc3ccc(CCNC(=O)NS(=O)(=O)c4ccc(C)cc4)cc3)c(Cl)cc2[nH]1. The maximum absolute atomic E-state index is 12.8. The van der Waals surface area contributed by atoms with E-state index in [0.29, 0.717) is 28.2 Å². The smallest absolute Gasteiger partial charge is 0.328 e. The summed E-state index contributed by atoms with van der Waals surface area (Å²) in [6.07, 6.45) is 1.21. The van der Waals surface area contributed by atoms with Crippen molar-refractivity contribution >= 4 is 50.3 Å². The molecule has 0 aliphatic carbocycles. The fourth-order valence-electron chi connectivity index (χ4n) is 3.63. The number of nitrogens with zero attached hydrogens (tertiary/aromatic N) is 1. The number of carbonyl (C=O) groups is 2. The number of urea groups is 1. The van der Waals surface area contributed by atoms with Gasteiger partial charge in [-0.3, -0.25) is 4.79 Å². The number of aromatic nitrogens is 2. The van der Waals surface area contributed by atoms with Gasteiger partial charge in [-0.1, -0.05) is 48.4 Å². The van der Waals surface area contributed by atoms with E-state index in [2.05, 4.69) is 20.6 Å². The molecule has 3 amide bonds. The van der Waals surface area contributed by atoms with Gasteiger partial charge in [0.1, 0.15) is 5.82 Å². The van der Waals surface area contributed by atoms with E-state index in [1.807, 2.05) is 30.7 Å². The maximum Gasteiger partial charge on any atom is 0.328 e. The molecule has 0 aliphatic heterocycles. The Morgan fingerprint density at radius 2 is 1.73 bits per heavy atom. The van der Waals surface area contributed by atoms with Crippen molar-refractivity contribution in [3.63, 3.8) is 0 Å². The first kappa shape index (κ1) is 26.2. The van der Waals surface area contributed by atoms with E-state index >= 15 is 0 Å². The molecule has 0 bridgehead atoms. The number of hydrogen-bond donors (Lipinski definition) is 4. The highest BCUT2D eigenvalue weighted by Gasteiger charge is 2.17. The Morgan fingerprint density at radius 3 is 2.41 bits per heavy atom. The minimum atomic E-state index is -3.94. The molecular formula is C26H26ClN5O4S. The van der Waals surface area contributed by atoms with Crippen LogP contribution in [0.5, 0.6) is 0 Å². The number of hydrogen-bond acceptors (Lipinski definition) is 5. The molecule has 0 fully saturated rings. The number of rotatable bonds is 8. The van der Waals surface area contributed by atoms with Crippen LogP contribution in [0.4, 0.5) is 10.5 Å². The van der Waals surface area contributed by atoms with Crippen LogP contribution in [-0.4, -0.2) is 36.9 Å². The van der Waals surface area contributed by atoms with Crippen molar-refractivity contribution in [2.45, 2.75) is 31.6 Å². The Bertz CT molecular complexity index is 1550. The summed E-state index contributed by atoms with van der Waals surface area (Å²) in [5.74, 6) is 0.466. The lowest BCUT2D eigenvalue weighted by Gasteiger charge is -2.10. The van der Waals surface area contributed by atoms with Crippen molar-refractivity contribution in [1.82, 2.24) is 20.0 Å². The first-order valence-electron chi connectivity index (χ1n) is 11.6. The van der Waals surface area contributed by atoms with E-state index in [-0.39, 0.29) is 17.3 Å². The summed E-state index contributed by atoms with van der Waals surface area (Å²) in [5.41, 5.74) is 4.16. The predicted octanol–water partition coefficient (Wildman–Crippen LogP) is 4.57.